The number of rotatable bonds is 3. The van der Waals surface area contributed by atoms with E-state index in [0.29, 0.717) is 0 Å². The molecule has 1 aromatic heterocycles. The lowest BCUT2D eigenvalue weighted by atomic mass is 10.1. The summed E-state index contributed by atoms with van der Waals surface area (Å²) in [6.45, 7) is 2.13. The highest BCUT2D eigenvalue weighted by molar-refractivity contribution is 5.19. The Morgan fingerprint density at radius 3 is 2.67 bits per heavy atom. The zero-order chi connectivity index (χ0) is 10.7. The Morgan fingerprint density at radius 1 is 1.33 bits per heavy atom. The average molecular weight is 202 g/mol. The van der Waals surface area contributed by atoms with Gasteiger partial charge in [0.15, 0.2) is 0 Å². The minimum absolute atomic E-state index is 0.0432. The summed E-state index contributed by atoms with van der Waals surface area (Å²) in [5.41, 5.74) is 2.06. The van der Waals surface area contributed by atoms with Crippen molar-refractivity contribution in [3.8, 4) is 0 Å². The minimum atomic E-state index is 0.0432. The fraction of sp³-hybridized carbons (Fsp3) is 0.250. The molecule has 0 aliphatic heterocycles. The predicted octanol–water partition coefficient (Wildman–Crippen LogP) is 1.98. The molecule has 15 heavy (non-hydrogen) atoms. The number of hydrogen-bond acceptors (Lipinski definition) is 2. The van der Waals surface area contributed by atoms with Crippen molar-refractivity contribution in [3.05, 3.63) is 53.9 Å². The van der Waals surface area contributed by atoms with Crippen LogP contribution in [0.4, 0.5) is 0 Å². The Hall–Kier alpha value is -1.61. The number of hydrogen-bond donors (Lipinski definition) is 1. The highest BCUT2D eigenvalue weighted by Gasteiger charge is 2.07. The molecule has 1 aromatic carbocycles. The number of aliphatic hydroxyl groups excluding tert-OH is 1. The summed E-state index contributed by atoms with van der Waals surface area (Å²) in [4.78, 5) is 0. The maximum Gasteiger partial charge on any atom is 0.0740 e. The van der Waals surface area contributed by atoms with E-state index in [1.807, 2.05) is 29.1 Å². The number of nitrogens with zero attached hydrogens (tertiary/aromatic N) is 2. The molecule has 0 saturated heterocycles. The quantitative estimate of drug-likeness (QED) is 0.826. The predicted molar refractivity (Wildman–Crippen MR) is 58.4 cm³/mol. The second-order valence-electron chi connectivity index (χ2n) is 3.57. The minimum Gasteiger partial charge on any atom is -0.392 e. The van der Waals surface area contributed by atoms with Crippen LogP contribution >= 0.6 is 0 Å². The first kappa shape index (κ1) is 9.93. The van der Waals surface area contributed by atoms with Crippen LogP contribution in [-0.2, 0) is 6.61 Å². The molecular formula is C12H14N2O. The van der Waals surface area contributed by atoms with Crippen LogP contribution in [0, 0.1) is 0 Å². The molecule has 0 aliphatic rings. The van der Waals surface area contributed by atoms with Crippen LogP contribution < -0.4 is 0 Å². The van der Waals surface area contributed by atoms with Crippen molar-refractivity contribution in [3.63, 3.8) is 0 Å². The van der Waals surface area contributed by atoms with Crippen molar-refractivity contribution in [1.29, 1.82) is 0 Å². The van der Waals surface area contributed by atoms with Crippen LogP contribution in [0.25, 0.3) is 0 Å². The van der Waals surface area contributed by atoms with E-state index in [9.17, 15) is 0 Å². The van der Waals surface area contributed by atoms with Gasteiger partial charge < -0.3 is 5.11 Å². The lowest BCUT2D eigenvalue weighted by Gasteiger charge is -2.11. The smallest absolute Gasteiger partial charge is 0.0740 e. The Labute approximate surface area is 89.0 Å². The lowest BCUT2D eigenvalue weighted by Crippen LogP contribution is -2.06. The van der Waals surface area contributed by atoms with Gasteiger partial charge in [-0.1, -0.05) is 30.3 Å². The first-order chi connectivity index (χ1) is 7.31. The summed E-state index contributed by atoms with van der Waals surface area (Å²) in [7, 11) is 0. The van der Waals surface area contributed by atoms with Gasteiger partial charge in [-0.15, -0.1) is 0 Å². The lowest BCUT2D eigenvalue weighted by molar-refractivity contribution is 0.281. The first-order valence-corrected chi connectivity index (χ1v) is 5.00. The van der Waals surface area contributed by atoms with Gasteiger partial charge in [0.1, 0.15) is 0 Å². The molecule has 3 heteroatoms. The van der Waals surface area contributed by atoms with Gasteiger partial charge in [0, 0.05) is 11.8 Å². The van der Waals surface area contributed by atoms with Crippen molar-refractivity contribution >= 4 is 0 Å². The van der Waals surface area contributed by atoms with Gasteiger partial charge in [-0.25, -0.2) is 0 Å². The van der Waals surface area contributed by atoms with Gasteiger partial charge in [-0.2, -0.15) is 5.10 Å². The molecule has 1 unspecified atom stereocenters. The van der Waals surface area contributed by atoms with Gasteiger partial charge in [0.25, 0.3) is 0 Å². The van der Waals surface area contributed by atoms with Gasteiger partial charge in [-0.05, 0) is 12.5 Å². The van der Waals surface area contributed by atoms with E-state index in [0.717, 1.165) is 5.56 Å². The molecule has 0 aliphatic carbocycles. The highest BCUT2D eigenvalue weighted by atomic mass is 16.3. The van der Waals surface area contributed by atoms with Crippen LogP contribution in [0.1, 0.15) is 24.1 Å². The summed E-state index contributed by atoms with van der Waals surface area (Å²) >= 11 is 0. The number of aromatic nitrogens is 2. The maximum absolute atomic E-state index is 8.95. The molecule has 3 nitrogen and oxygen atoms in total. The Kier molecular flexibility index (Phi) is 2.83. The molecule has 2 aromatic rings. The molecule has 2 rings (SSSR count). The van der Waals surface area contributed by atoms with Crippen molar-refractivity contribution in [2.24, 2.45) is 0 Å². The summed E-state index contributed by atoms with van der Waals surface area (Å²) in [6.07, 6.45) is 3.57. The number of benzene rings is 1. The third-order valence-corrected chi connectivity index (χ3v) is 2.52. The van der Waals surface area contributed by atoms with E-state index in [-0.39, 0.29) is 12.6 Å². The summed E-state index contributed by atoms with van der Waals surface area (Å²) in [5.74, 6) is 0. The molecule has 1 atom stereocenters. The van der Waals surface area contributed by atoms with E-state index in [1.165, 1.54) is 5.56 Å². The average Bonchev–Trinajstić information content (AvgIpc) is 2.78. The second-order valence-corrected chi connectivity index (χ2v) is 3.57. The molecule has 0 spiro atoms. The van der Waals surface area contributed by atoms with Crippen molar-refractivity contribution in [2.45, 2.75) is 19.6 Å². The van der Waals surface area contributed by atoms with Crippen LogP contribution in [-0.4, -0.2) is 14.9 Å². The Morgan fingerprint density at radius 2 is 2.07 bits per heavy atom. The summed E-state index contributed by atoms with van der Waals surface area (Å²) in [6, 6.07) is 10.4. The van der Waals surface area contributed by atoms with E-state index in [1.54, 1.807) is 6.20 Å². The van der Waals surface area contributed by atoms with Gasteiger partial charge in [0.2, 0.25) is 0 Å². The van der Waals surface area contributed by atoms with E-state index in [2.05, 4.69) is 24.2 Å². The van der Waals surface area contributed by atoms with Crippen molar-refractivity contribution < 1.29 is 5.11 Å². The second kappa shape index (κ2) is 4.28. The molecular weight excluding hydrogens is 188 g/mol. The molecule has 0 radical (unpaired) electrons. The molecule has 78 valence electrons. The molecule has 0 fully saturated rings. The van der Waals surface area contributed by atoms with Crippen LogP contribution in [0.5, 0.6) is 0 Å². The standard InChI is InChI=1S/C12H14N2O/c1-10(12-5-3-2-4-6-12)14-8-11(9-15)7-13-14/h2-8,10,15H,9H2,1H3. The van der Waals surface area contributed by atoms with Crippen LogP contribution in [0.3, 0.4) is 0 Å². The van der Waals surface area contributed by atoms with Gasteiger partial charge in [-0.3, -0.25) is 4.68 Å². The summed E-state index contributed by atoms with van der Waals surface area (Å²) < 4.78 is 1.86. The molecule has 1 heterocycles. The van der Waals surface area contributed by atoms with Gasteiger partial charge in [0.05, 0.1) is 18.8 Å². The molecule has 1 N–H and O–H groups in total. The third-order valence-electron chi connectivity index (χ3n) is 2.52. The van der Waals surface area contributed by atoms with Crippen molar-refractivity contribution in [2.75, 3.05) is 0 Å². The maximum atomic E-state index is 8.95. The SMILES string of the molecule is CC(c1ccccc1)n1cc(CO)cn1. The largest absolute Gasteiger partial charge is 0.392 e. The van der Waals surface area contributed by atoms with E-state index in [4.69, 9.17) is 5.11 Å². The monoisotopic (exact) mass is 202 g/mol. The first-order valence-electron chi connectivity index (χ1n) is 5.00. The van der Waals surface area contributed by atoms with Crippen LogP contribution in [0.2, 0.25) is 0 Å². The number of aliphatic hydroxyl groups is 1. The molecule has 0 bridgehead atoms. The highest BCUT2D eigenvalue weighted by Crippen LogP contribution is 2.16. The molecule has 0 amide bonds. The summed E-state index contributed by atoms with van der Waals surface area (Å²) in [5, 5.41) is 13.2. The normalized spacial score (nSPS) is 12.7. The third kappa shape index (κ3) is 2.07. The van der Waals surface area contributed by atoms with Crippen LogP contribution in [0.15, 0.2) is 42.7 Å². The Balaban J connectivity index is 2.24. The Bertz CT molecular complexity index is 422. The topological polar surface area (TPSA) is 38.0 Å². The van der Waals surface area contributed by atoms with Crippen molar-refractivity contribution in [1.82, 2.24) is 9.78 Å². The van der Waals surface area contributed by atoms with Gasteiger partial charge >= 0.3 is 0 Å². The zero-order valence-electron chi connectivity index (χ0n) is 8.67. The fourth-order valence-electron chi connectivity index (χ4n) is 1.56. The van der Waals surface area contributed by atoms with E-state index < -0.39 is 0 Å². The molecule has 0 saturated carbocycles. The van der Waals surface area contributed by atoms with E-state index >= 15 is 0 Å². The fourth-order valence-corrected chi connectivity index (χ4v) is 1.56. The zero-order valence-corrected chi connectivity index (χ0v) is 8.67.